The van der Waals surface area contributed by atoms with Crippen LogP contribution in [0.3, 0.4) is 0 Å². The molecule has 4 nitrogen and oxygen atoms in total. The molecule has 1 heterocycles. The minimum absolute atomic E-state index is 0.271. The fraction of sp³-hybridized carbons (Fsp3) is 0. The number of para-hydroxylation sites is 1. The van der Waals surface area contributed by atoms with Crippen LogP contribution in [0.15, 0.2) is 115 Å². The molecule has 0 spiro atoms. The highest BCUT2D eigenvalue weighted by molar-refractivity contribution is 5.89. The Labute approximate surface area is 186 Å². The highest BCUT2D eigenvalue weighted by atomic mass is 16.4. The Balaban J connectivity index is 1.62. The fourth-order valence-electron chi connectivity index (χ4n) is 3.79. The van der Waals surface area contributed by atoms with Gasteiger partial charge < -0.3 is 5.11 Å². The van der Waals surface area contributed by atoms with Crippen LogP contribution in [0.1, 0.15) is 10.4 Å². The van der Waals surface area contributed by atoms with E-state index in [1.54, 1.807) is 18.2 Å². The van der Waals surface area contributed by atoms with E-state index in [0.717, 1.165) is 39.5 Å². The van der Waals surface area contributed by atoms with Crippen molar-refractivity contribution in [2.75, 3.05) is 0 Å². The molecule has 1 aromatic heterocycles. The lowest BCUT2D eigenvalue weighted by Crippen LogP contribution is -1.95. The molecule has 32 heavy (non-hydrogen) atoms. The number of imidazole rings is 1. The SMILES string of the molecule is O=C(O)c1cccc(-c2cccc(-c3cn(-c4ccccc4)c(-c4ccccc4)n3)c2)c1. The number of rotatable bonds is 5. The van der Waals surface area contributed by atoms with E-state index < -0.39 is 5.97 Å². The first-order chi connectivity index (χ1) is 15.7. The van der Waals surface area contributed by atoms with Crippen molar-refractivity contribution in [2.24, 2.45) is 0 Å². The molecule has 0 bridgehead atoms. The molecule has 0 radical (unpaired) electrons. The highest BCUT2D eigenvalue weighted by Gasteiger charge is 2.14. The molecule has 0 atom stereocenters. The molecule has 4 heteroatoms. The molecule has 0 aliphatic rings. The van der Waals surface area contributed by atoms with Gasteiger partial charge in [-0.2, -0.15) is 0 Å². The molecule has 0 aliphatic heterocycles. The number of hydrogen-bond acceptors (Lipinski definition) is 2. The predicted octanol–water partition coefficient (Wildman–Crippen LogP) is 6.57. The molecule has 5 rings (SSSR count). The first-order valence-electron chi connectivity index (χ1n) is 10.3. The first-order valence-corrected chi connectivity index (χ1v) is 10.3. The summed E-state index contributed by atoms with van der Waals surface area (Å²) in [4.78, 5) is 16.3. The van der Waals surface area contributed by atoms with E-state index in [2.05, 4.69) is 28.8 Å². The molecule has 4 aromatic carbocycles. The van der Waals surface area contributed by atoms with Gasteiger partial charge in [0, 0.05) is 23.0 Å². The van der Waals surface area contributed by atoms with Crippen molar-refractivity contribution < 1.29 is 9.90 Å². The van der Waals surface area contributed by atoms with Crippen molar-refractivity contribution in [1.29, 1.82) is 0 Å². The second-order valence-electron chi connectivity index (χ2n) is 7.49. The second kappa shape index (κ2) is 8.36. The number of aromatic nitrogens is 2. The molecule has 1 N–H and O–H groups in total. The van der Waals surface area contributed by atoms with Gasteiger partial charge in [-0.1, -0.05) is 78.9 Å². The van der Waals surface area contributed by atoms with Gasteiger partial charge in [0.05, 0.1) is 11.3 Å². The summed E-state index contributed by atoms with van der Waals surface area (Å²) < 4.78 is 2.10. The van der Waals surface area contributed by atoms with Crippen LogP contribution < -0.4 is 0 Å². The molecule has 0 aliphatic carbocycles. The topological polar surface area (TPSA) is 55.1 Å². The minimum Gasteiger partial charge on any atom is -0.478 e. The van der Waals surface area contributed by atoms with Crippen LogP contribution >= 0.6 is 0 Å². The maximum atomic E-state index is 11.4. The molecule has 0 unspecified atom stereocenters. The van der Waals surface area contributed by atoms with E-state index in [9.17, 15) is 9.90 Å². The van der Waals surface area contributed by atoms with Crippen LogP contribution in [-0.2, 0) is 0 Å². The van der Waals surface area contributed by atoms with E-state index in [4.69, 9.17) is 4.98 Å². The standard InChI is InChI=1S/C28H20N2O2/c31-28(32)24-14-8-12-22(18-24)21-11-7-13-23(17-21)26-19-30(25-15-5-2-6-16-25)27(29-26)20-9-3-1-4-10-20/h1-19H,(H,31,32). The third-order valence-electron chi connectivity index (χ3n) is 5.37. The van der Waals surface area contributed by atoms with Crippen LogP contribution in [0, 0.1) is 0 Å². The summed E-state index contributed by atoms with van der Waals surface area (Å²) in [6.07, 6.45) is 2.05. The quantitative estimate of drug-likeness (QED) is 0.352. The predicted molar refractivity (Wildman–Crippen MR) is 127 cm³/mol. The van der Waals surface area contributed by atoms with E-state index >= 15 is 0 Å². The Morgan fingerprint density at radius 2 is 1.25 bits per heavy atom. The van der Waals surface area contributed by atoms with Gasteiger partial charge >= 0.3 is 5.97 Å². The van der Waals surface area contributed by atoms with E-state index in [0.29, 0.717) is 0 Å². The van der Waals surface area contributed by atoms with Crippen LogP contribution in [0.25, 0.3) is 39.5 Å². The average molecular weight is 416 g/mol. The highest BCUT2D eigenvalue weighted by Crippen LogP contribution is 2.30. The summed E-state index contributed by atoms with van der Waals surface area (Å²) in [5, 5.41) is 9.33. The Kier molecular flexibility index (Phi) is 5.10. The third-order valence-corrected chi connectivity index (χ3v) is 5.37. The van der Waals surface area contributed by atoms with Gasteiger partial charge in [-0.15, -0.1) is 0 Å². The van der Waals surface area contributed by atoms with E-state index in [-0.39, 0.29) is 5.56 Å². The van der Waals surface area contributed by atoms with Crippen LogP contribution in [0.5, 0.6) is 0 Å². The lowest BCUT2D eigenvalue weighted by Gasteiger charge is -2.07. The summed E-state index contributed by atoms with van der Waals surface area (Å²) in [5.74, 6) is -0.0674. The number of carboxylic acids is 1. The Bertz CT molecular complexity index is 1330. The molecular formula is C28H20N2O2. The average Bonchev–Trinajstić information content (AvgIpc) is 3.31. The summed E-state index contributed by atoms with van der Waals surface area (Å²) >= 11 is 0. The molecule has 0 saturated heterocycles. The number of benzene rings is 4. The van der Waals surface area contributed by atoms with Crippen molar-refractivity contribution in [2.45, 2.75) is 0 Å². The normalized spacial score (nSPS) is 10.8. The lowest BCUT2D eigenvalue weighted by molar-refractivity contribution is 0.0697. The van der Waals surface area contributed by atoms with Crippen LogP contribution in [0.2, 0.25) is 0 Å². The summed E-state index contributed by atoms with van der Waals surface area (Å²) in [7, 11) is 0. The molecular weight excluding hydrogens is 396 g/mol. The van der Waals surface area contributed by atoms with Crippen molar-refractivity contribution in [3.05, 3.63) is 121 Å². The fourth-order valence-corrected chi connectivity index (χ4v) is 3.79. The van der Waals surface area contributed by atoms with Crippen molar-refractivity contribution >= 4 is 5.97 Å². The number of aromatic carboxylic acids is 1. The van der Waals surface area contributed by atoms with Gasteiger partial charge in [-0.25, -0.2) is 9.78 Å². The smallest absolute Gasteiger partial charge is 0.335 e. The van der Waals surface area contributed by atoms with Crippen molar-refractivity contribution in [3.8, 4) is 39.5 Å². The molecule has 0 amide bonds. The van der Waals surface area contributed by atoms with Gasteiger partial charge in [-0.05, 0) is 41.5 Å². The maximum absolute atomic E-state index is 11.4. The number of carbonyl (C=O) groups is 1. The zero-order chi connectivity index (χ0) is 21.9. The summed E-state index contributed by atoms with van der Waals surface area (Å²) in [5.41, 5.74) is 5.97. The van der Waals surface area contributed by atoms with Crippen LogP contribution in [-0.4, -0.2) is 20.6 Å². The maximum Gasteiger partial charge on any atom is 0.335 e. The van der Waals surface area contributed by atoms with Gasteiger partial charge in [0.15, 0.2) is 0 Å². The number of carboxylic acid groups (broad SMARTS) is 1. The van der Waals surface area contributed by atoms with Gasteiger partial charge in [0.25, 0.3) is 0 Å². The summed E-state index contributed by atoms with van der Waals surface area (Å²) in [6, 6.07) is 35.3. The zero-order valence-electron chi connectivity index (χ0n) is 17.2. The third kappa shape index (κ3) is 3.82. The molecule has 0 saturated carbocycles. The number of nitrogens with zero attached hydrogens (tertiary/aromatic N) is 2. The largest absolute Gasteiger partial charge is 0.478 e. The van der Waals surface area contributed by atoms with Crippen molar-refractivity contribution in [1.82, 2.24) is 9.55 Å². The van der Waals surface area contributed by atoms with Gasteiger partial charge in [0.2, 0.25) is 0 Å². The lowest BCUT2D eigenvalue weighted by atomic mass is 10.0. The van der Waals surface area contributed by atoms with Crippen LogP contribution in [0.4, 0.5) is 0 Å². The Morgan fingerprint density at radius 1 is 0.656 bits per heavy atom. The van der Waals surface area contributed by atoms with E-state index in [1.807, 2.05) is 72.9 Å². The zero-order valence-corrected chi connectivity index (χ0v) is 17.2. The van der Waals surface area contributed by atoms with Gasteiger partial charge in [0.1, 0.15) is 5.82 Å². The molecule has 154 valence electrons. The molecule has 5 aromatic rings. The monoisotopic (exact) mass is 416 g/mol. The second-order valence-corrected chi connectivity index (χ2v) is 7.49. The van der Waals surface area contributed by atoms with Crippen molar-refractivity contribution in [3.63, 3.8) is 0 Å². The Hall–Kier alpha value is -4.44. The first kappa shape index (κ1) is 19.5. The Morgan fingerprint density at radius 3 is 1.97 bits per heavy atom. The van der Waals surface area contributed by atoms with Gasteiger partial charge in [-0.3, -0.25) is 4.57 Å². The molecule has 0 fully saturated rings. The number of hydrogen-bond donors (Lipinski definition) is 1. The summed E-state index contributed by atoms with van der Waals surface area (Å²) in [6.45, 7) is 0. The minimum atomic E-state index is -0.933. The van der Waals surface area contributed by atoms with E-state index in [1.165, 1.54) is 0 Å².